The number of para-hydroxylation sites is 3. The quantitative estimate of drug-likeness (QED) is 0.675. The molecule has 1 N–H and O–H groups in total. The van der Waals surface area contributed by atoms with Crippen molar-refractivity contribution in [2.24, 2.45) is 0 Å². The van der Waals surface area contributed by atoms with E-state index in [1.54, 1.807) is 48.5 Å². The SMILES string of the molecule is CCOc1ccccc1N1C(=O)C[C@H](N(O)c2ccccc2)C1=O. The summed E-state index contributed by atoms with van der Waals surface area (Å²) in [6, 6.07) is 14.6. The van der Waals surface area contributed by atoms with Crippen LogP contribution < -0.4 is 14.7 Å². The number of ether oxygens (including phenoxy) is 1. The summed E-state index contributed by atoms with van der Waals surface area (Å²) in [7, 11) is 0. The third-order valence-electron chi connectivity index (χ3n) is 3.84. The maximum atomic E-state index is 12.7. The van der Waals surface area contributed by atoms with Crippen LogP contribution in [0.25, 0.3) is 0 Å². The lowest BCUT2D eigenvalue weighted by Crippen LogP contribution is -2.40. The molecule has 1 heterocycles. The number of amides is 2. The van der Waals surface area contributed by atoms with Crippen LogP contribution in [0.1, 0.15) is 13.3 Å². The molecule has 0 aliphatic carbocycles. The van der Waals surface area contributed by atoms with Crippen molar-refractivity contribution in [2.45, 2.75) is 19.4 Å². The van der Waals surface area contributed by atoms with E-state index in [9.17, 15) is 14.8 Å². The number of anilines is 2. The summed E-state index contributed by atoms with van der Waals surface area (Å²) in [6.45, 7) is 2.25. The van der Waals surface area contributed by atoms with E-state index in [-0.39, 0.29) is 12.3 Å². The van der Waals surface area contributed by atoms with E-state index in [1.165, 1.54) is 0 Å². The summed E-state index contributed by atoms with van der Waals surface area (Å²) in [5.41, 5.74) is 0.863. The van der Waals surface area contributed by atoms with Gasteiger partial charge in [-0.15, -0.1) is 0 Å². The topological polar surface area (TPSA) is 70.1 Å². The smallest absolute Gasteiger partial charge is 0.259 e. The van der Waals surface area contributed by atoms with E-state index in [1.807, 2.05) is 13.0 Å². The van der Waals surface area contributed by atoms with Gasteiger partial charge in [-0.25, -0.2) is 9.96 Å². The Hall–Kier alpha value is -2.86. The summed E-state index contributed by atoms with van der Waals surface area (Å²) in [4.78, 5) is 26.2. The molecule has 3 rings (SSSR count). The molecule has 0 aromatic heterocycles. The molecule has 0 spiro atoms. The summed E-state index contributed by atoms with van der Waals surface area (Å²) in [5, 5.41) is 11.2. The van der Waals surface area contributed by atoms with E-state index in [2.05, 4.69) is 0 Å². The molecule has 1 aliphatic heterocycles. The van der Waals surface area contributed by atoms with E-state index in [4.69, 9.17) is 4.74 Å². The maximum Gasteiger partial charge on any atom is 0.259 e. The van der Waals surface area contributed by atoms with Crippen LogP contribution in [0.4, 0.5) is 11.4 Å². The van der Waals surface area contributed by atoms with Gasteiger partial charge in [0, 0.05) is 0 Å². The third-order valence-corrected chi connectivity index (χ3v) is 3.84. The summed E-state index contributed by atoms with van der Waals surface area (Å²) in [5.74, 6) is -0.378. The van der Waals surface area contributed by atoms with Gasteiger partial charge < -0.3 is 4.74 Å². The Bertz CT molecular complexity index is 748. The van der Waals surface area contributed by atoms with E-state index in [0.717, 1.165) is 9.96 Å². The highest BCUT2D eigenvalue weighted by Crippen LogP contribution is 2.33. The predicted molar refractivity (Wildman–Crippen MR) is 89.2 cm³/mol. The minimum atomic E-state index is -0.949. The number of hydrogen-bond donors (Lipinski definition) is 1. The molecule has 2 aromatic rings. The van der Waals surface area contributed by atoms with Gasteiger partial charge in [0.2, 0.25) is 5.91 Å². The first-order chi connectivity index (χ1) is 11.6. The zero-order valence-corrected chi connectivity index (χ0v) is 13.3. The number of hydrogen-bond acceptors (Lipinski definition) is 5. The van der Waals surface area contributed by atoms with Gasteiger partial charge in [0.25, 0.3) is 5.91 Å². The molecule has 24 heavy (non-hydrogen) atoms. The van der Waals surface area contributed by atoms with Gasteiger partial charge in [-0.05, 0) is 31.2 Å². The number of hydroxylamine groups is 1. The largest absolute Gasteiger partial charge is 0.492 e. The fraction of sp³-hybridized carbons (Fsp3) is 0.222. The molecule has 124 valence electrons. The fourth-order valence-corrected chi connectivity index (χ4v) is 2.74. The van der Waals surface area contributed by atoms with Crippen molar-refractivity contribution < 1.29 is 19.5 Å². The Balaban J connectivity index is 1.90. The van der Waals surface area contributed by atoms with Gasteiger partial charge in [-0.2, -0.15) is 0 Å². The minimum absolute atomic E-state index is 0.0926. The van der Waals surface area contributed by atoms with Gasteiger partial charge in [0.05, 0.1) is 24.4 Å². The average Bonchev–Trinajstić information content (AvgIpc) is 2.90. The summed E-state index contributed by atoms with van der Waals surface area (Å²) >= 11 is 0. The molecule has 6 heteroatoms. The number of nitrogens with zero attached hydrogens (tertiary/aromatic N) is 2. The Labute approximate surface area is 139 Å². The molecule has 0 bridgehead atoms. The van der Waals surface area contributed by atoms with Crippen molar-refractivity contribution in [3.05, 3.63) is 54.6 Å². The molecule has 0 unspecified atom stereocenters. The van der Waals surface area contributed by atoms with E-state index >= 15 is 0 Å². The molecular weight excluding hydrogens is 308 g/mol. The Kier molecular flexibility index (Phi) is 4.48. The number of imide groups is 1. The number of benzene rings is 2. The second-order valence-electron chi connectivity index (χ2n) is 5.37. The highest BCUT2D eigenvalue weighted by Gasteiger charge is 2.44. The van der Waals surface area contributed by atoms with Crippen LogP contribution >= 0.6 is 0 Å². The third kappa shape index (κ3) is 2.83. The zero-order valence-electron chi connectivity index (χ0n) is 13.3. The Morgan fingerprint density at radius 2 is 1.79 bits per heavy atom. The van der Waals surface area contributed by atoms with E-state index < -0.39 is 11.9 Å². The zero-order chi connectivity index (χ0) is 17.1. The van der Waals surface area contributed by atoms with Crippen LogP contribution in [0.3, 0.4) is 0 Å². The van der Waals surface area contributed by atoms with Crippen LogP contribution in [-0.2, 0) is 9.59 Å². The minimum Gasteiger partial charge on any atom is -0.492 e. The molecular formula is C18H18N2O4. The first kappa shape index (κ1) is 16.0. The second kappa shape index (κ2) is 6.72. The summed E-state index contributed by atoms with van der Waals surface area (Å²) in [6.07, 6.45) is -0.0926. The fourth-order valence-electron chi connectivity index (χ4n) is 2.74. The second-order valence-corrected chi connectivity index (χ2v) is 5.37. The average molecular weight is 326 g/mol. The molecule has 0 saturated carbocycles. The molecule has 6 nitrogen and oxygen atoms in total. The maximum absolute atomic E-state index is 12.7. The van der Waals surface area contributed by atoms with Crippen molar-refractivity contribution in [3.63, 3.8) is 0 Å². The Morgan fingerprint density at radius 1 is 1.12 bits per heavy atom. The molecule has 2 aromatic carbocycles. The molecule has 2 amide bonds. The van der Waals surface area contributed by atoms with Crippen molar-refractivity contribution in [2.75, 3.05) is 16.6 Å². The van der Waals surface area contributed by atoms with Gasteiger partial charge in [0.1, 0.15) is 11.8 Å². The van der Waals surface area contributed by atoms with Crippen LogP contribution in [0, 0.1) is 0 Å². The molecule has 1 fully saturated rings. The normalized spacial score (nSPS) is 17.2. The van der Waals surface area contributed by atoms with Crippen LogP contribution in [-0.4, -0.2) is 29.7 Å². The number of rotatable bonds is 5. The number of carbonyl (C=O) groups excluding carboxylic acids is 2. The first-order valence-electron chi connectivity index (χ1n) is 7.75. The van der Waals surface area contributed by atoms with Gasteiger partial charge >= 0.3 is 0 Å². The van der Waals surface area contributed by atoms with Crippen LogP contribution in [0.2, 0.25) is 0 Å². The molecule has 1 atom stereocenters. The van der Waals surface area contributed by atoms with Crippen molar-refractivity contribution >= 4 is 23.2 Å². The molecule has 1 aliphatic rings. The number of carbonyl (C=O) groups is 2. The van der Waals surface area contributed by atoms with E-state index in [0.29, 0.717) is 23.7 Å². The summed E-state index contributed by atoms with van der Waals surface area (Å²) < 4.78 is 5.50. The van der Waals surface area contributed by atoms with Crippen molar-refractivity contribution in [1.82, 2.24) is 0 Å². The van der Waals surface area contributed by atoms with Gasteiger partial charge in [0.15, 0.2) is 0 Å². The highest BCUT2D eigenvalue weighted by molar-refractivity contribution is 6.23. The molecule has 0 radical (unpaired) electrons. The van der Waals surface area contributed by atoms with Gasteiger partial charge in [-0.1, -0.05) is 30.3 Å². The Morgan fingerprint density at radius 3 is 2.50 bits per heavy atom. The molecule has 1 saturated heterocycles. The first-order valence-corrected chi connectivity index (χ1v) is 7.75. The lowest BCUT2D eigenvalue weighted by molar-refractivity contribution is -0.121. The van der Waals surface area contributed by atoms with Crippen molar-refractivity contribution in [1.29, 1.82) is 0 Å². The monoisotopic (exact) mass is 326 g/mol. The predicted octanol–water partition coefficient (Wildman–Crippen LogP) is 2.61. The van der Waals surface area contributed by atoms with Crippen LogP contribution in [0.5, 0.6) is 5.75 Å². The standard InChI is InChI=1S/C18H18N2O4/c1-2-24-16-11-7-6-10-14(16)19-17(21)12-15(18(19)22)20(23)13-8-4-3-5-9-13/h3-11,15,23H,2,12H2,1H3/t15-/m0/s1. The lowest BCUT2D eigenvalue weighted by Gasteiger charge is -2.23. The lowest BCUT2D eigenvalue weighted by atomic mass is 10.2. The van der Waals surface area contributed by atoms with Gasteiger partial charge in [-0.3, -0.25) is 14.8 Å². The van der Waals surface area contributed by atoms with Crippen molar-refractivity contribution in [3.8, 4) is 5.75 Å². The van der Waals surface area contributed by atoms with Crippen LogP contribution in [0.15, 0.2) is 54.6 Å². The highest BCUT2D eigenvalue weighted by atomic mass is 16.5.